The second-order valence-corrected chi connectivity index (χ2v) is 6.68. The average molecular weight is 248 g/mol. The van der Waals surface area contributed by atoms with Crippen molar-refractivity contribution in [2.75, 3.05) is 0 Å². The van der Waals surface area contributed by atoms with E-state index < -0.39 is 0 Å². The fourth-order valence-electron chi connectivity index (χ4n) is 4.88. The number of benzene rings is 1. The molecule has 0 radical (unpaired) electrons. The van der Waals surface area contributed by atoms with Gasteiger partial charge >= 0.3 is 0 Å². The molecule has 1 aromatic carbocycles. The molecule has 0 spiro atoms. The number of hydrogen-bond acceptors (Lipinski definition) is 0. The Morgan fingerprint density at radius 3 is 2.47 bits per heavy atom. The van der Waals surface area contributed by atoms with Crippen LogP contribution in [0.4, 0.5) is 0 Å². The Kier molecular flexibility index (Phi) is 2.12. The molecule has 0 N–H and O–H groups in total. The number of fused-ring (bicyclic) bond motifs is 2. The topological polar surface area (TPSA) is 0 Å². The predicted octanol–water partition coefficient (Wildman–Crippen LogP) is 4.42. The molecule has 0 nitrogen and oxygen atoms in total. The zero-order chi connectivity index (χ0) is 13.1. The Bertz CT molecular complexity index is 592. The molecule has 2 unspecified atom stereocenters. The zero-order valence-electron chi connectivity index (χ0n) is 11.7. The third kappa shape index (κ3) is 1.26. The maximum atomic E-state index is 3.68. The van der Waals surface area contributed by atoms with Gasteiger partial charge < -0.3 is 0 Å². The van der Waals surface area contributed by atoms with E-state index in [2.05, 4.69) is 62.1 Å². The molecule has 3 saturated carbocycles. The van der Waals surface area contributed by atoms with Gasteiger partial charge in [-0.15, -0.1) is 0 Å². The summed E-state index contributed by atoms with van der Waals surface area (Å²) in [6, 6.07) is 10.4. The maximum absolute atomic E-state index is 3.68. The summed E-state index contributed by atoms with van der Waals surface area (Å²) in [5.41, 5.74) is 3.50. The first kappa shape index (κ1) is 11.4. The highest BCUT2D eigenvalue weighted by atomic mass is 15.0. The van der Waals surface area contributed by atoms with Crippen LogP contribution in [-0.4, -0.2) is 0 Å². The van der Waals surface area contributed by atoms with Crippen LogP contribution in [0.15, 0.2) is 42.0 Å². The largest absolute Gasteiger partial charge is 0.0895 e. The Balaban J connectivity index is 1.67. The molecule has 0 amide bonds. The number of allylic oxidation sites excluding steroid dienone is 2. The van der Waals surface area contributed by atoms with E-state index in [1.807, 2.05) is 0 Å². The van der Waals surface area contributed by atoms with E-state index in [0.717, 1.165) is 11.8 Å². The van der Waals surface area contributed by atoms with Crippen LogP contribution in [0.1, 0.15) is 38.7 Å². The van der Waals surface area contributed by atoms with Crippen LogP contribution in [0.2, 0.25) is 0 Å². The van der Waals surface area contributed by atoms with Crippen molar-refractivity contribution in [3.8, 4) is 11.8 Å². The van der Waals surface area contributed by atoms with Crippen molar-refractivity contribution in [1.29, 1.82) is 0 Å². The second-order valence-electron chi connectivity index (χ2n) is 6.68. The van der Waals surface area contributed by atoms with E-state index in [0.29, 0.717) is 10.8 Å². The first-order chi connectivity index (χ1) is 9.22. The Morgan fingerprint density at radius 2 is 1.84 bits per heavy atom. The highest BCUT2D eigenvalue weighted by Crippen LogP contribution is 2.98. The Labute approximate surface area is 115 Å². The standard InChI is InChI=1S/C19H20/c1-14(2)13-19-16-9-6-10-17(19)18(16,19)12-11-15-7-4-3-5-8-15/h3-5,7-8,13,16-17H,6,9-10H2,1-2H3. The second kappa shape index (κ2) is 3.54. The summed E-state index contributed by atoms with van der Waals surface area (Å²) in [5, 5.41) is 0. The summed E-state index contributed by atoms with van der Waals surface area (Å²) < 4.78 is 0. The minimum Gasteiger partial charge on any atom is -0.0895 e. The quantitative estimate of drug-likeness (QED) is 0.510. The van der Waals surface area contributed by atoms with Crippen LogP contribution in [0, 0.1) is 34.5 Å². The van der Waals surface area contributed by atoms with Crippen molar-refractivity contribution < 1.29 is 0 Å². The van der Waals surface area contributed by atoms with Crippen LogP contribution < -0.4 is 0 Å². The summed E-state index contributed by atoms with van der Waals surface area (Å²) in [6.07, 6.45) is 6.75. The highest BCUT2D eigenvalue weighted by molar-refractivity contribution is 5.58. The third-order valence-corrected chi connectivity index (χ3v) is 5.50. The van der Waals surface area contributed by atoms with Gasteiger partial charge in [0.05, 0.1) is 0 Å². The molecule has 2 atom stereocenters. The minimum atomic E-state index is 0.373. The summed E-state index contributed by atoms with van der Waals surface area (Å²) >= 11 is 0. The minimum absolute atomic E-state index is 0.373. The first-order valence-electron chi connectivity index (χ1n) is 7.46. The van der Waals surface area contributed by atoms with Crippen molar-refractivity contribution in [2.45, 2.75) is 33.1 Å². The van der Waals surface area contributed by atoms with E-state index in [-0.39, 0.29) is 0 Å². The molecule has 96 valence electrons. The van der Waals surface area contributed by atoms with Gasteiger partial charge in [0, 0.05) is 16.4 Å². The smallest absolute Gasteiger partial charge is 0.0489 e. The molecule has 0 heteroatoms. The number of rotatable bonds is 1. The maximum Gasteiger partial charge on any atom is 0.0489 e. The normalized spacial score (nSPS) is 40.5. The van der Waals surface area contributed by atoms with Gasteiger partial charge in [-0.1, -0.05) is 48.1 Å². The Morgan fingerprint density at radius 1 is 1.16 bits per heavy atom. The first-order valence-corrected chi connectivity index (χ1v) is 7.46. The fraction of sp³-hybridized carbons (Fsp3) is 0.474. The van der Waals surface area contributed by atoms with Gasteiger partial charge in [-0.2, -0.15) is 0 Å². The highest BCUT2D eigenvalue weighted by Gasteiger charge is 2.96. The molecule has 19 heavy (non-hydrogen) atoms. The average Bonchev–Trinajstić information content (AvgIpc) is 3.22. The lowest BCUT2D eigenvalue weighted by Crippen LogP contribution is -2.18. The molecule has 1 aromatic rings. The van der Waals surface area contributed by atoms with Crippen molar-refractivity contribution >= 4 is 0 Å². The van der Waals surface area contributed by atoms with Gasteiger partial charge in [0.15, 0.2) is 0 Å². The van der Waals surface area contributed by atoms with E-state index in [1.54, 1.807) is 0 Å². The fourth-order valence-corrected chi connectivity index (χ4v) is 4.88. The van der Waals surface area contributed by atoms with Gasteiger partial charge in [-0.05, 0) is 50.7 Å². The molecule has 3 aliphatic carbocycles. The van der Waals surface area contributed by atoms with E-state index in [9.17, 15) is 0 Å². The van der Waals surface area contributed by atoms with Crippen LogP contribution in [0.3, 0.4) is 0 Å². The van der Waals surface area contributed by atoms with Crippen LogP contribution in [0.5, 0.6) is 0 Å². The lowest BCUT2D eigenvalue weighted by Gasteiger charge is -2.25. The molecule has 3 fully saturated rings. The van der Waals surface area contributed by atoms with Crippen molar-refractivity contribution in [3.05, 3.63) is 47.5 Å². The Hall–Kier alpha value is -1.48. The number of hydrogen-bond donors (Lipinski definition) is 0. The predicted molar refractivity (Wildman–Crippen MR) is 78.4 cm³/mol. The molecular weight excluding hydrogens is 228 g/mol. The molecular formula is C19H20. The summed E-state index contributed by atoms with van der Waals surface area (Å²) in [5.74, 6) is 8.84. The van der Waals surface area contributed by atoms with Crippen molar-refractivity contribution in [1.82, 2.24) is 0 Å². The van der Waals surface area contributed by atoms with Crippen molar-refractivity contribution in [2.24, 2.45) is 22.7 Å². The van der Waals surface area contributed by atoms with Crippen LogP contribution >= 0.6 is 0 Å². The van der Waals surface area contributed by atoms with Crippen LogP contribution in [0.25, 0.3) is 0 Å². The van der Waals surface area contributed by atoms with Gasteiger partial charge in [-0.3, -0.25) is 0 Å². The van der Waals surface area contributed by atoms with Gasteiger partial charge in [0.1, 0.15) is 0 Å². The van der Waals surface area contributed by atoms with E-state index in [4.69, 9.17) is 0 Å². The summed E-state index contributed by atoms with van der Waals surface area (Å²) in [7, 11) is 0. The van der Waals surface area contributed by atoms with Gasteiger partial charge in [-0.25, -0.2) is 0 Å². The summed E-state index contributed by atoms with van der Waals surface area (Å²) in [4.78, 5) is 0. The van der Waals surface area contributed by atoms with Crippen LogP contribution in [-0.2, 0) is 0 Å². The van der Waals surface area contributed by atoms with Crippen molar-refractivity contribution in [3.63, 3.8) is 0 Å². The molecule has 0 saturated heterocycles. The van der Waals surface area contributed by atoms with Gasteiger partial charge in [0.25, 0.3) is 0 Å². The molecule has 3 aliphatic rings. The summed E-state index contributed by atoms with van der Waals surface area (Å²) in [6.45, 7) is 4.47. The SMILES string of the molecule is CC(C)=CC12C3CCCC1C32C#Cc1ccccc1. The van der Waals surface area contributed by atoms with E-state index in [1.165, 1.54) is 30.4 Å². The lowest BCUT2D eigenvalue weighted by atomic mass is 9.78. The third-order valence-electron chi connectivity index (χ3n) is 5.50. The molecule has 0 heterocycles. The van der Waals surface area contributed by atoms with Gasteiger partial charge in [0.2, 0.25) is 0 Å². The molecule has 0 bridgehead atoms. The lowest BCUT2D eigenvalue weighted by molar-refractivity contribution is 0.277. The molecule has 4 rings (SSSR count). The van der Waals surface area contributed by atoms with E-state index >= 15 is 0 Å². The zero-order valence-corrected chi connectivity index (χ0v) is 11.7. The molecule has 0 aliphatic heterocycles. The molecule has 0 aromatic heterocycles. The monoisotopic (exact) mass is 248 g/mol.